The number of halogens is 2. The fraction of sp³-hybridized carbons (Fsp3) is 0.625. The minimum atomic E-state index is -0.524. The molecule has 0 bridgehead atoms. The van der Waals surface area contributed by atoms with Gasteiger partial charge in [-0.2, -0.15) is 0 Å². The molecule has 1 aromatic carbocycles. The van der Waals surface area contributed by atoms with Gasteiger partial charge < -0.3 is 10.1 Å². The van der Waals surface area contributed by atoms with E-state index in [-0.39, 0.29) is 11.6 Å². The predicted octanol–water partition coefficient (Wildman–Crippen LogP) is 3.57. The predicted molar refractivity (Wildman–Crippen MR) is 73.4 cm³/mol. The van der Waals surface area contributed by atoms with E-state index in [0.29, 0.717) is 11.5 Å². The molecule has 2 aliphatic rings. The first-order valence-corrected chi connectivity index (χ1v) is 7.40. The molecule has 0 aromatic heterocycles. The summed E-state index contributed by atoms with van der Waals surface area (Å²) in [7, 11) is 1.84. The highest BCUT2D eigenvalue weighted by atomic mass is 19.1. The van der Waals surface area contributed by atoms with Crippen molar-refractivity contribution in [2.24, 2.45) is 5.92 Å². The Hall–Kier alpha value is -1.00. The molecule has 3 rings (SSSR count). The summed E-state index contributed by atoms with van der Waals surface area (Å²) in [5, 5.41) is 3.22. The average Bonchev–Trinajstić information content (AvgIpc) is 2.40. The highest BCUT2D eigenvalue weighted by Gasteiger charge is 2.44. The first-order chi connectivity index (χ1) is 9.63. The van der Waals surface area contributed by atoms with Crippen molar-refractivity contribution in [2.45, 2.75) is 43.7 Å². The van der Waals surface area contributed by atoms with Crippen LogP contribution in [0.25, 0.3) is 0 Å². The molecule has 1 heterocycles. The van der Waals surface area contributed by atoms with Crippen LogP contribution >= 0.6 is 0 Å². The van der Waals surface area contributed by atoms with E-state index >= 15 is 0 Å². The molecular weight excluding hydrogens is 260 g/mol. The molecule has 2 atom stereocenters. The van der Waals surface area contributed by atoms with Crippen LogP contribution in [-0.2, 0) is 4.74 Å². The second-order valence-electron chi connectivity index (χ2n) is 6.07. The Bertz CT molecular complexity index is 487. The maximum Gasteiger partial charge on any atom is 0.130 e. The molecule has 2 unspecified atom stereocenters. The summed E-state index contributed by atoms with van der Waals surface area (Å²) in [4.78, 5) is 0. The van der Waals surface area contributed by atoms with Gasteiger partial charge in [-0.25, -0.2) is 8.78 Å². The van der Waals surface area contributed by atoms with E-state index < -0.39 is 11.6 Å². The zero-order valence-corrected chi connectivity index (χ0v) is 11.8. The van der Waals surface area contributed by atoms with Crippen LogP contribution in [0.5, 0.6) is 0 Å². The van der Waals surface area contributed by atoms with Gasteiger partial charge in [0.2, 0.25) is 0 Å². The van der Waals surface area contributed by atoms with Crippen molar-refractivity contribution in [3.8, 4) is 0 Å². The molecule has 20 heavy (non-hydrogen) atoms. The molecule has 1 aliphatic carbocycles. The third-order valence-corrected chi connectivity index (χ3v) is 4.88. The maximum atomic E-state index is 14.0. The van der Waals surface area contributed by atoms with Gasteiger partial charge in [-0.15, -0.1) is 0 Å². The summed E-state index contributed by atoms with van der Waals surface area (Å²) < 4.78 is 33.0. The fourth-order valence-corrected chi connectivity index (χ4v) is 3.67. The first-order valence-electron chi connectivity index (χ1n) is 7.40. The standard InChI is InChI=1S/C16H21F2NO/c1-19-15(13-4-3-12(17)9-14(13)18)11-5-8-20-16(10-11)6-2-7-16/h3-4,9,11,15,19H,2,5-8,10H2,1H3. The Balaban J connectivity index is 1.81. The van der Waals surface area contributed by atoms with E-state index in [9.17, 15) is 8.78 Å². The lowest BCUT2D eigenvalue weighted by Crippen LogP contribution is -2.47. The molecule has 1 saturated heterocycles. The monoisotopic (exact) mass is 281 g/mol. The molecule has 110 valence electrons. The van der Waals surface area contributed by atoms with E-state index in [1.807, 2.05) is 7.05 Å². The van der Waals surface area contributed by atoms with Crippen molar-refractivity contribution in [1.29, 1.82) is 0 Å². The Morgan fingerprint density at radius 3 is 2.75 bits per heavy atom. The number of hydrogen-bond donors (Lipinski definition) is 1. The number of benzene rings is 1. The van der Waals surface area contributed by atoms with Crippen LogP contribution < -0.4 is 5.32 Å². The lowest BCUT2D eigenvalue weighted by atomic mass is 9.69. The summed E-state index contributed by atoms with van der Waals surface area (Å²) >= 11 is 0. The van der Waals surface area contributed by atoms with Crippen molar-refractivity contribution in [3.63, 3.8) is 0 Å². The molecule has 2 fully saturated rings. The average molecular weight is 281 g/mol. The first kappa shape index (κ1) is 14.0. The summed E-state index contributed by atoms with van der Waals surface area (Å²) in [5.41, 5.74) is 0.601. The highest BCUT2D eigenvalue weighted by Crippen LogP contribution is 2.47. The molecule has 1 N–H and O–H groups in total. The SMILES string of the molecule is CNC(c1ccc(F)cc1F)C1CCOC2(CCC2)C1. The summed E-state index contributed by atoms with van der Waals surface area (Å²) in [6.07, 6.45) is 5.35. The van der Waals surface area contributed by atoms with Crippen molar-refractivity contribution < 1.29 is 13.5 Å². The smallest absolute Gasteiger partial charge is 0.130 e. The minimum absolute atomic E-state index is 0.0362. The Morgan fingerprint density at radius 1 is 1.35 bits per heavy atom. The zero-order chi connectivity index (χ0) is 14.2. The molecule has 1 spiro atoms. The lowest BCUT2D eigenvalue weighted by molar-refractivity contribution is -0.147. The molecule has 2 nitrogen and oxygen atoms in total. The van der Waals surface area contributed by atoms with Crippen LogP contribution in [-0.4, -0.2) is 19.3 Å². The fourth-order valence-electron chi connectivity index (χ4n) is 3.67. The summed E-state index contributed by atoms with van der Waals surface area (Å²) in [6, 6.07) is 3.80. The Labute approximate surface area is 118 Å². The molecule has 0 radical (unpaired) electrons. The Kier molecular flexibility index (Phi) is 3.78. The van der Waals surface area contributed by atoms with E-state index in [4.69, 9.17) is 4.74 Å². The van der Waals surface area contributed by atoms with Gasteiger partial charge in [0.15, 0.2) is 0 Å². The molecule has 1 aromatic rings. The van der Waals surface area contributed by atoms with Gasteiger partial charge >= 0.3 is 0 Å². The number of ether oxygens (including phenoxy) is 1. The second-order valence-corrected chi connectivity index (χ2v) is 6.07. The van der Waals surface area contributed by atoms with Gasteiger partial charge in [0, 0.05) is 24.3 Å². The molecule has 1 saturated carbocycles. The molecule has 1 aliphatic heterocycles. The van der Waals surface area contributed by atoms with Gasteiger partial charge in [0.05, 0.1) is 5.60 Å². The van der Waals surface area contributed by atoms with E-state index in [1.165, 1.54) is 12.5 Å². The van der Waals surface area contributed by atoms with Gasteiger partial charge in [-0.05, 0) is 51.1 Å². The van der Waals surface area contributed by atoms with E-state index in [1.54, 1.807) is 6.07 Å². The van der Waals surface area contributed by atoms with Crippen LogP contribution in [0.3, 0.4) is 0 Å². The van der Waals surface area contributed by atoms with Gasteiger partial charge in [0.25, 0.3) is 0 Å². The van der Waals surface area contributed by atoms with Crippen LogP contribution in [0.15, 0.2) is 18.2 Å². The molecule has 0 amide bonds. The van der Waals surface area contributed by atoms with Gasteiger partial charge in [-0.1, -0.05) is 6.07 Å². The lowest BCUT2D eigenvalue weighted by Gasteiger charge is -2.48. The third-order valence-electron chi connectivity index (χ3n) is 4.88. The largest absolute Gasteiger partial charge is 0.375 e. The van der Waals surface area contributed by atoms with Gasteiger partial charge in [-0.3, -0.25) is 0 Å². The van der Waals surface area contributed by atoms with Crippen molar-refractivity contribution in [2.75, 3.05) is 13.7 Å². The van der Waals surface area contributed by atoms with Crippen LogP contribution in [0, 0.1) is 17.6 Å². The van der Waals surface area contributed by atoms with Crippen molar-refractivity contribution in [1.82, 2.24) is 5.32 Å². The van der Waals surface area contributed by atoms with Crippen molar-refractivity contribution in [3.05, 3.63) is 35.4 Å². The summed E-state index contributed by atoms with van der Waals surface area (Å²) in [6.45, 7) is 0.742. The van der Waals surface area contributed by atoms with Gasteiger partial charge in [0.1, 0.15) is 11.6 Å². The Morgan fingerprint density at radius 2 is 2.15 bits per heavy atom. The quantitative estimate of drug-likeness (QED) is 0.914. The maximum absolute atomic E-state index is 14.0. The molecular formula is C16H21F2NO. The summed E-state index contributed by atoms with van der Waals surface area (Å²) in [5.74, 6) is -0.643. The topological polar surface area (TPSA) is 21.3 Å². The van der Waals surface area contributed by atoms with E-state index in [2.05, 4.69) is 5.32 Å². The highest BCUT2D eigenvalue weighted by molar-refractivity contribution is 5.23. The van der Waals surface area contributed by atoms with Crippen molar-refractivity contribution >= 4 is 0 Å². The molecule has 4 heteroatoms. The number of hydrogen-bond acceptors (Lipinski definition) is 2. The minimum Gasteiger partial charge on any atom is -0.375 e. The number of rotatable bonds is 3. The van der Waals surface area contributed by atoms with Crippen LogP contribution in [0.2, 0.25) is 0 Å². The normalized spacial score (nSPS) is 26.2. The van der Waals surface area contributed by atoms with Crippen LogP contribution in [0.4, 0.5) is 8.78 Å². The van der Waals surface area contributed by atoms with Crippen LogP contribution in [0.1, 0.15) is 43.7 Å². The van der Waals surface area contributed by atoms with E-state index in [0.717, 1.165) is 38.4 Å². The third kappa shape index (κ3) is 2.47. The second kappa shape index (κ2) is 5.41. The zero-order valence-electron chi connectivity index (χ0n) is 11.8. The number of nitrogens with one attached hydrogen (secondary N) is 1.